The van der Waals surface area contributed by atoms with Crippen molar-refractivity contribution in [3.63, 3.8) is 0 Å². The van der Waals surface area contributed by atoms with Crippen molar-refractivity contribution in [1.82, 2.24) is 4.31 Å². The lowest BCUT2D eigenvalue weighted by molar-refractivity contribution is 0.102. The molecule has 1 amide bonds. The summed E-state index contributed by atoms with van der Waals surface area (Å²) in [6, 6.07) is 10.2. The van der Waals surface area contributed by atoms with Gasteiger partial charge in [-0.1, -0.05) is 29.8 Å². The molecule has 2 atom stereocenters. The minimum absolute atomic E-state index is 0.0730. The summed E-state index contributed by atoms with van der Waals surface area (Å²) in [6.07, 6.45) is 0.969. The number of sulfonamides is 1. The number of amides is 1. The van der Waals surface area contributed by atoms with E-state index in [-0.39, 0.29) is 22.3 Å². The van der Waals surface area contributed by atoms with Crippen LogP contribution in [0.3, 0.4) is 0 Å². The van der Waals surface area contributed by atoms with Gasteiger partial charge in [0.1, 0.15) is 5.82 Å². The maximum Gasteiger partial charge on any atom is 0.258 e. The molecule has 1 saturated heterocycles. The third-order valence-corrected chi connectivity index (χ3v) is 7.11. The van der Waals surface area contributed by atoms with Crippen LogP contribution in [0.4, 0.5) is 10.1 Å². The van der Waals surface area contributed by atoms with Crippen LogP contribution < -0.4 is 5.32 Å². The van der Waals surface area contributed by atoms with Crippen molar-refractivity contribution < 1.29 is 17.6 Å². The number of anilines is 1. The molecule has 3 rings (SSSR count). The van der Waals surface area contributed by atoms with Crippen LogP contribution in [0.15, 0.2) is 51.8 Å². The van der Waals surface area contributed by atoms with Crippen LogP contribution in [0.1, 0.15) is 30.6 Å². The van der Waals surface area contributed by atoms with Crippen LogP contribution in [-0.2, 0) is 10.0 Å². The van der Waals surface area contributed by atoms with Crippen molar-refractivity contribution in [2.24, 2.45) is 11.8 Å². The van der Waals surface area contributed by atoms with E-state index in [2.05, 4.69) is 21.2 Å². The van der Waals surface area contributed by atoms with Gasteiger partial charge in [-0.15, -0.1) is 0 Å². The molecule has 5 nitrogen and oxygen atoms in total. The number of piperidine rings is 1. The molecule has 2 aromatic rings. The highest BCUT2D eigenvalue weighted by atomic mass is 79.9. The predicted molar refractivity (Wildman–Crippen MR) is 110 cm³/mol. The first-order valence-corrected chi connectivity index (χ1v) is 11.3. The molecular weight excluding hydrogens is 447 g/mol. The van der Waals surface area contributed by atoms with Crippen LogP contribution >= 0.6 is 15.9 Å². The van der Waals surface area contributed by atoms with Gasteiger partial charge in [0.25, 0.3) is 5.91 Å². The molecule has 1 aliphatic rings. The van der Waals surface area contributed by atoms with Gasteiger partial charge in [-0.25, -0.2) is 12.8 Å². The second kappa shape index (κ2) is 8.31. The fraction of sp³-hybridized carbons (Fsp3) is 0.350. The first-order valence-electron chi connectivity index (χ1n) is 9.03. The number of carbonyl (C=O) groups is 1. The van der Waals surface area contributed by atoms with E-state index >= 15 is 0 Å². The van der Waals surface area contributed by atoms with Crippen LogP contribution in [-0.4, -0.2) is 31.7 Å². The zero-order valence-electron chi connectivity index (χ0n) is 15.7. The molecule has 1 fully saturated rings. The molecular formula is C20H22BrFN2O3S. The Balaban J connectivity index is 1.88. The molecule has 1 aliphatic heterocycles. The molecule has 1 heterocycles. The van der Waals surface area contributed by atoms with Gasteiger partial charge >= 0.3 is 0 Å². The predicted octanol–water partition coefficient (Wildman–Crippen LogP) is 4.51. The SMILES string of the molecule is C[C@H]1C[C@H](C)CN(S(=O)(=O)c2ccc(F)c(C(=O)Nc3ccc(Br)cc3)c2)C1. The number of nitrogens with zero attached hydrogens (tertiary/aromatic N) is 1. The Morgan fingerprint density at radius 2 is 1.71 bits per heavy atom. The lowest BCUT2D eigenvalue weighted by Crippen LogP contribution is -2.42. The maximum absolute atomic E-state index is 14.3. The quantitative estimate of drug-likeness (QED) is 0.717. The minimum atomic E-state index is -3.80. The Hall–Kier alpha value is -1.77. The number of rotatable bonds is 4. The van der Waals surface area contributed by atoms with E-state index in [1.165, 1.54) is 10.4 Å². The van der Waals surface area contributed by atoms with Crippen molar-refractivity contribution in [1.29, 1.82) is 0 Å². The van der Waals surface area contributed by atoms with Gasteiger partial charge in [0.2, 0.25) is 10.0 Å². The minimum Gasteiger partial charge on any atom is -0.322 e. The maximum atomic E-state index is 14.3. The van der Waals surface area contributed by atoms with E-state index in [0.29, 0.717) is 18.8 Å². The van der Waals surface area contributed by atoms with Gasteiger partial charge in [0.15, 0.2) is 0 Å². The van der Waals surface area contributed by atoms with E-state index in [9.17, 15) is 17.6 Å². The van der Waals surface area contributed by atoms with Gasteiger partial charge in [0.05, 0.1) is 10.5 Å². The molecule has 2 aromatic carbocycles. The van der Waals surface area contributed by atoms with E-state index in [1.54, 1.807) is 24.3 Å². The summed E-state index contributed by atoms with van der Waals surface area (Å²) in [6.45, 7) is 4.87. The number of hydrogen-bond donors (Lipinski definition) is 1. The van der Waals surface area contributed by atoms with Crippen LogP contribution in [0.25, 0.3) is 0 Å². The summed E-state index contributed by atoms with van der Waals surface area (Å²) in [4.78, 5) is 12.4. The Kier molecular flexibility index (Phi) is 6.21. The molecule has 0 bridgehead atoms. The Morgan fingerprint density at radius 3 is 2.32 bits per heavy atom. The van der Waals surface area contributed by atoms with Gasteiger partial charge in [-0.05, 0) is 60.7 Å². The van der Waals surface area contributed by atoms with Gasteiger partial charge < -0.3 is 5.32 Å². The van der Waals surface area contributed by atoms with E-state index < -0.39 is 21.7 Å². The van der Waals surface area contributed by atoms with Crippen molar-refractivity contribution >= 4 is 37.5 Å². The average Bonchev–Trinajstić information content (AvgIpc) is 2.63. The highest BCUT2D eigenvalue weighted by molar-refractivity contribution is 9.10. The zero-order valence-corrected chi connectivity index (χ0v) is 18.1. The van der Waals surface area contributed by atoms with Crippen molar-refractivity contribution in [2.75, 3.05) is 18.4 Å². The molecule has 150 valence electrons. The molecule has 0 aromatic heterocycles. The molecule has 28 heavy (non-hydrogen) atoms. The molecule has 0 saturated carbocycles. The summed E-state index contributed by atoms with van der Waals surface area (Å²) in [5.74, 6) is -0.968. The fourth-order valence-electron chi connectivity index (χ4n) is 3.52. The third-order valence-electron chi connectivity index (χ3n) is 4.76. The molecule has 8 heteroatoms. The van der Waals surface area contributed by atoms with E-state index in [4.69, 9.17) is 0 Å². The summed E-state index contributed by atoms with van der Waals surface area (Å²) < 4.78 is 42.6. The highest BCUT2D eigenvalue weighted by Gasteiger charge is 2.32. The van der Waals surface area contributed by atoms with Gasteiger partial charge in [-0.3, -0.25) is 4.79 Å². The zero-order chi connectivity index (χ0) is 20.5. The molecule has 0 spiro atoms. The second-order valence-corrected chi connectivity index (χ2v) is 10.2. The van der Waals surface area contributed by atoms with Crippen molar-refractivity contribution in [3.05, 3.63) is 58.3 Å². The topological polar surface area (TPSA) is 66.5 Å². The van der Waals surface area contributed by atoms with Gasteiger partial charge in [-0.2, -0.15) is 4.31 Å². The number of benzene rings is 2. The number of nitrogens with one attached hydrogen (secondary N) is 1. The highest BCUT2D eigenvalue weighted by Crippen LogP contribution is 2.27. The fourth-order valence-corrected chi connectivity index (χ4v) is 5.49. The van der Waals surface area contributed by atoms with E-state index in [0.717, 1.165) is 23.0 Å². The summed E-state index contributed by atoms with van der Waals surface area (Å²) >= 11 is 3.30. The summed E-state index contributed by atoms with van der Waals surface area (Å²) in [7, 11) is -3.80. The van der Waals surface area contributed by atoms with Crippen LogP contribution in [0.5, 0.6) is 0 Å². The molecule has 0 unspecified atom stereocenters. The number of carbonyl (C=O) groups excluding carboxylic acids is 1. The lowest BCUT2D eigenvalue weighted by Gasteiger charge is -2.34. The molecule has 1 N–H and O–H groups in total. The average molecular weight is 469 g/mol. The first kappa shape index (κ1) is 21.0. The van der Waals surface area contributed by atoms with Crippen LogP contribution in [0, 0.1) is 17.7 Å². The Bertz CT molecular complexity index is 969. The summed E-state index contributed by atoms with van der Waals surface area (Å²) in [5.41, 5.74) is 0.182. The first-order chi connectivity index (χ1) is 13.2. The normalized spacial score (nSPS) is 20.7. The van der Waals surface area contributed by atoms with Crippen molar-refractivity contribution in [2.45, 2.75) is 25.2 Å². The number of halogens is 2. The van der Waals surface area contributed by atoms with Gasteiger partial charge in [0, 0.05) is 23.2 Å². The largest absolute Gasteiger partial charge is 0.322 e. The lowest BCUT2D eigenvalue weighted by atomic mass is 9.94. The molecule has 0 aliphatic carbocycles. The van der Waals surface area contributed by atoms with E-state index in [1.807, 2.05) is 13.8 Å². The molecule has 0 radical (unpaired) electrons. The standard InChI is InChI=1S/C20H22BrFN2O3S/c1-13-9-14(2)12-24(11-13)28(26,27)17-7-8-19(22)18(10-17)20(25)23-16-5-3-15(21)4-6-16/h3-8,10,13-14H,9,11-12H2,1-2H3,(H,23,25)/t13-,14-/m0/s1. The Morgan fingerprint density at radius 1 is 1.11 bits per heavy atom. The van der Waals surface area contributed by atoms with Crippen LogP contribution in [0.2, 0.25) is 0 Å². The third kappa shape index (κ3) is 4.61. The second-order valence-electron chi connectivity index (χ2n) is 7.37. The number of hydrogen-bond acceptors (Lipinski definition) is 3. The Labute approximate surface area is 173 Å². The summed E-state index contributed by atoms with van der Waals surface area (Å²) in [5, 5.41) is 2.59. The van der Waals surface area contributed by atoms with Crippen molar-refractivity contribution in [3.8, 4) is 0 Å². The smallest absolute Gasteiger partial charge is 0.258 e. The monoisotopic (exact) mass is 468 g/mol.